The van der Waals surface area contributed by atoms with Crippen molar-refractivity contribution in [3.63, 3.8) is 0 Å². The van der Waals surface area contributed by atoms with Gasteiger partial charge in [-0.1, -0.05) is 66.7 Å². The molecular weight excluding hydrogens is 403 g/mol. The van der Waals surface area contributed by atoms with E-state index in [0.29, 0.717) is 6.16 Å². The first-order chi connectivity index (χ1) is 14.7. The van der Waals surface area contributed by atoms with Crippen molar-refractivity contribution in [3.05, 3.63) is 121 Å². The lowest BCUT2D eigenvalue weighted by Gasteiger charge is -2.27. The van der Waals surface area contributed by atoms with E-state index in [1.54, 1.807) is 11.8 Å². The largest absolute Gasteiger partial charge is 0.290 e. The molecule has 0 fully saturated rings. The van der Waals surface area contributed by atoms with Gasteiger partial charge in [0, 0.05) is 10.5 Å². The molecule has 0 aliphatic rings. The summed E-state index contributed by atoms with van der Waals surface area (Å²) in [6.07, 6.45) is 2.53. The highest BCUT2D eigenvalue weighted by atomic mass is 32.2. The summed E-state index contributed by atoms with van der Waals surface area (Å²) in [5, 5.41) is 3.70. The van der Waals surface area contributed by atoms with Gasteiger partial charge in [0.15, 0.2) is 0 Å². The van der Waals surface area contributed by atoms with Crippen LogP contribution >= 0.6 is 19.0 Å². The molecule has 0 N–H and O–H groups in total. The van der Waals surface area contributed by atoms with E-state index in [1.165, 1.54) is 20.8 Å². The van der Waals surface area contributed by atoms with Crippen molar-refractivity contribution in [2.24, 2.45) is 0 Å². The van der Waals surface area contributed by atoms with Crippen LogP contribution in [0.3, 0.4) is 0 Å². The minimum absolute atomic E-state index is 0.188. The van der Waals surface area contributed by atoms with E-state index in [4.69, 9.17) is 0 Å². The van der Waals surface area contributed by atoms with Gasteiger partial charge in [0.1, 0.15) is 29.3 Å². The summed E-state index contributed by atoms with van der Waals surface area (Å²) in [5.74, 6) is 0.188. The Balaban J connectivity index is 1.89. The lowest BCUT2D eigenvalue weighted by atomic mass is 10.1. The Morgan fingerprint density at radius 3 is 1.40 bits per heavy atom. The lowest BCUT2D eigenvalue weighted by molar-refractivity contribution is 0.102. The molecule has 0 aromatic heterocycles. The van der Waals surface area contributed by atoms with Crippen molar-refractivity contribution >= 4 is 40.7 Å². The predicted octanol–water partition coefficient (Wildman–Crippen LogP) is 5.59. The first kappa shape index (κ1) is 20.6. The molecule has 0 heterocycles. The number of thioether (sulfide) groups is 1. The van der Waals surface area contributed by atoms with Gasteiger partial charge in [0.2, 0.25) is 5.78 Å². The van der Waals surface area contributed by atoms with Crippen molar-refractivity contribution in [1.82, 2.24) is 0 Å². The predicted molar refractivity (Wildman–Crippen MR) is 133 cm³/mol. The molecule has 0 aliphatic carbocycles. The Morgan fingerprint density at radius 1 is 0.633 bits per heavy atom. The third-order valence-corrected chi connectivity index (χ3v) is 10.4. The molecule has 4 aromatic rings. The Bertz CT molecular complexity index is 997. The molecule has 0 bridgehead atoms. The van der Waals surface area contributed by atoms with E-state index in [9.17, 15) is 4.79 Å². The smallest absolute Gasteiger partial charge is 0.201 e. The number of Topliss-reactive ketones (excluding diaryl/α,β-unsaturated/α-hetero) is 1. The van der Waals surface area contributed by atoms with Crippen LogP contribution in [0.4, 0.5) is 0 Å². The summed E-state index contributed by atoms with van der Waals surface area (Å²) >= 11 is 1.69. The monoisotopic (exact) mass is 427 g/mol. The van der Waals surface area contributed by atoms with Crippen molar-refractivity contribution in [2.75, 3.05) is 12.4 Å². The van der Waals surface area contributed by atoms with Gasteiger partial charge in [-0.15, -0.1) is 11.8 Å². The van der Waals surface area contributed by atoms with Gasteiger partial charge in [0.25, 0.3) is 0 Å². The van der Waals surface area contributed by atoms with Crippen LogP contribution in [-0.2, 0) is 0 Å². The molecule has 0 saturated heterocycles. The third kappa shape index (κ3) is 4.12. The Morgan fingerprint density at radius 2 is 1.03 bits per heavy atom. The third-order valence-electron chi connectivity index (χ3n) is 5.38. The van der Waals surface area contributed by atoms with Crippen LogP contribution < -0.4 is 15.9 Å². The summed E-state index contributed by atoms with van der Waals surface area (Å²) < 4.78 is 0. The summed E-state index contributed by atoms with van der Waals surface area (Å²) in [6, 6.07) is 39.6. The molecule has 0 amide bonds. The molecule has 0 radical (unpaired) electrons. The zero-order chi connectivity index (χ0) is 20.8. The van der Waals surface area contributed by atoms with E-state index in [1.807, 2.05) is 48.7 Å². The second-order valence-corrected chi connectivity index (χ2v) is 11.5. The van der Waals surface area contributed by atoms with E-state index < -0.39 is 7.26 Å². The number of hydrogen-bond donors (Lipinski definition) is 0. The molecular formula is C27H24OPS+. The molecule has 0 unspecified atom stereocenters. The van der Waals surface area contributed by atoms with Crippen molar-refractivity contribution < 1.29 is 4.79 Å². The average Bonchev–Trinajstić information content (AvgIpc) is 2.84. The van der Waals surface area contributed by atoms with Gasteiger partial charge in [-0.25, -0.2) is 0 Å². The Labute approximate surface area is 183 Å². The fraction of sp³-hybridized carbons (Fsp3) is 0.0741. The molecule has 4 aromatic carbocycles. The van der Waals surface area contributed by atoms with Gasteiger partial charge in [-0.3, -0.25) is 4.79 Å². The highest BCUT2D eigenvalue weighted by molar-refractivity contribution is 7.98. The van der Waals surface area contributed by atoms with E-state index in [0.717, 1.165) is 5.56 Å². The van der Waals surface area contributed by atoms with Crippen LogP contribution in [0, 0.1) is 0 Å². The van der Waals surface area contributed by atoms with Gasteiger partial charge >= 0.3 is 0 Å². The molecule has 0 spiro atoms. The second-order valence-electron chi connectivity index (χ2n) is 7.13. The summed E-state index contributed by atoms with van der Waals surface area (Å²) in [5.41, 5.74) is 0.778. The lowest BCUT2D eigenvalue weighted by Crippen LogP contribution is -2.35. The summed E-state index contributed by atoms with van der Waals surface area (Å²) in [6.45, 7) is 0. The van der Waals surface area contributed by atoms with E-state index >= 15 is 0 Å². The standard InChI is InChI=1S/C27H24OPS/c1-30-26-19-17-22(18-20-26)27(28)21-29(23-11-5-2-6-12-23,24-13-7-3-8-14-24)25-15-9-4-10-16-25/h2-20H,21H2,1H3/q+1. The highest BCUT2D eigenvalue weighted by Crippen LogP contribution is 2.55. The highest BCUT2D eigenvalue weighted by Gasteiger charge is 2.47. The minimum atomic E-state index is -2.15. The van der Waals surface area contributed by atoms with Crippen LogP contribution in [0.5, 0.6) is 0 Å². The average molecular weight is 428 g/mol. The SMILES string of the molecule is CSc1ccc(C(=O)C[P+](c2ccccc2)(c2ccccc2)c2ccccc2)cc1. The molecule has 30 heavy (non-hydrogen) atoms. The number of ketones is 1. The van der Waals surface area contributed by atoms with Gasteiger partial charge in [-0.2, -0.15) is 0 Å². The number of carbonyl (C=O) groups is 1. The van der Waals surface area contributed by atoms with Gasteiger partial charge in [0.05, 0.1) is 0 Å². The summed E-state index contributed by atoms with van der Waals surface area (Å²) in [7, 11) is -2.15. The van der Waals surface area contributed by atoms with Crippen LogP contribution in [-0.4, -0.2) is 18.2 Å². The van der Waals surface area contributed by atoms with Crippen LogP contribution in [0.2, 0.25) is 0 Å². The van der Waals surface area contributed by atoms with E-state index in [-0.39, 0.29) is 5.78 Å². The van der Waals surface area contributed by atoms with Gasteiger partial charge in [-0.05, 0) is 54.8 Å². The van der Waals surface area contributed by atoms with Crippen LogP contribution in [0.25, 0.3) is 0 Å². The first-order valence-corrected chi connectivity index (χ1v) is 13.2. The fourth-order valence-corrected chi connectivity index (χ4v) is 8.36. The zero-order valence-electron chi connectivity index (χ0n) is 16.9. The number of benzene rings is 4. The van der Waals surface area contributed by atoms with Crippen molar-refractivity contribution in [1.29, 1.82) is 0 Å². The molecule has 0 saturated carbocycles. The molecule has 4 rings (SSSR count). The maximum absolute atomic E-state index is 13.6. The topological polar surface area (TPSA) is 17.1 Å². The zero-order valence-corrected chi connectivity index (χ0v) is 18.7. The molecule has 1 nitrogen and oxygen atoms in total. The normalized spacial score (nSPS) is 11.2. The Kier molecular flexibility index (Phi) is 6.47. The minimum Gasteiger partial charge on any atom is -0.290 e. The number of carbonyl (C=O) groups excluding carboxylic acids is 1. The van der Waals surface area contributed by atoms with Crippen molar-refractivity contribution in [2.45, 2.75) is 4.90 Å². The number of hydrogen-bond acceptors (Lipinski definition) is 2. The quantitative estimate of drug-likeness (QED) is 0.217. The first-order valence-electron chi connectivity index (χ1n) is 9.96. The van der Waals surface area contributed by atoms with Crippen LogP contribution in [0.1, 0.15) is 10.4 Å². The van der Waals surface area contributed by atoms with E-state index in [2.05, 4.69) is 72.8 Å². The fourth-order valence-electron chi connectivity index (χ4n) is 3.85. The molecule has 0 atom stereocenters. The second kappa shape index (κ2) is 9.43. The molecule has 0 aliphatic heterocycles. The Hall–Kier alpha value is -2.67. The number of rotatable bonds is 7. The maximum atomic E-state index is 13.6. The molecule has 3 heteroatoms. The van der Waals surface area contributed by atoms with Gasteiger partial charge < -0.3 is 0 Å². The maximum Gasteiger partial charge on any atom is 0.201 e. The summed E-state index contributed by atoms with van der Waals surface area (Å²) in [4.78, 5) is 14.8. The van der Waals surface area contributed by atoms with Crippen molar-refractivity contribution in [3.8, 4) is 0 Å². The molecule has 148 valence electrons. The van der Waals surface area contributed by atoms with Crippen LogP contribution in [0.15, 0.2) is 120 Å².